The third-order valence-corrected chi connectivity index (χ3v) is 8.14. The van der Waals surface area contributed by atoms with Crippen LogP contribution in [0.4, 0.5) is 32.3 Å². The highest BCUT2D eigenvalue weighted by atomic mass is 19.1. The third-order valence-electron chi connectivity index (χ3n) is 8.14. The van der Waals surface area contributed by atoms with Crippen LogP contribution < -0.4 is 24.6 Å². The minimum atomic E-state index is -1.23. The summed E-state index contributed by atoms with van der Waals surface area (Å²) in [6.45, 7) is 9.15. The molecule has 1 amide bonds. The van der Waals surface area contributed by atoms with Gasteiger partial charge in [0.2, 0.25) is 5.95 Å². The molecule has 1 atom stereocenters. The lowest BCUT2D eigenvalue weighted by molar-refractivity contribution is 0.199. The highest BCUT2D eigenvalue weighted by Gasteiger charge is 2.34. The van der Waals surface area contributed by atoms with Gasteiger partial charge in [0.15, 0.2) is 0 Å². The molecule has 0 radical (unpaired) electrons. The summed E-state index contributed by atoms with van der Waals surface area (Å²) in [5.74, 6) is 0.941. The van der Waals surface area contributed by atoms with Crippen molar-refractivity contribution in [3.05, 3.63) is 94.4 Å². The van der Waals surface area contributed by atoms with Crippen molar-refractivity contribution in [2.75, 3.05) is 62.6 Å². The maximum Gasteiger partial charge on any atom is 0.413 e. The molecule has 1 unspecified atom stereocenters. The van der Waals surface area contributed by atoms with Gasteiger partial charge in [-0.15, -0.1) is 0 Å². The molecule has 1 aromatic heterocycles. The predicted molar refractivity (Wildman–Crippen MR) is 174 cm³/mol. The van der Waals surface area contributed by atoms with Crippen molar-refractivity contribution in [2.24, 2.45) is 0 Å². The van der Waals surface area contributed by atoms with Crippen molar-refractivity contribution < 1.29 is 23.8 Å². The number of benzene rings is 3. The van der Waals surface area contributed by atoms with E-state index in [1.54, 1.807) is 44.6 Å². The maximum absolute atomic E-state index is 15.2. The summed E-state index contributed by atoms with van der Waals surface area (Å²) in [6, 6.07) is 14.9. The molecule has 11 heteroatoms. The minimum Gasteiger partial charge on any atom is -0.497 e. The summed E-state index contributed by atoms with van der Waals surface area (Å²) in [6.07, 6.45) is 0.251. The number of hydrogen-bond donors (Lipinski definition) is 2. The average Bonchev–Trinajstić information content (AvgIpc) is 3.00. The third kappa shape index (κ3) is 6.78. The van der Waals surface area contributed by atoms with Crippen LogP contribution in [0, 0.1) is 26.6 Å². The normalized spacial score (nSPS) is 14.2. The number of methoxy groups -OCH3 is 2. The highest BCUT2D eigenvalue weighted by molar-refractivity contribution is 5.87. The molecule has 10 nitrogen and oxygen atoms in total. The van der Waals surface area contributed by atoms with Gasteiger partial charge in [0.1, 0.15) is 23.1 Å². The number of amides is 1. The Morgan fingerprint density at radius 3 is 2.31 bits per heavy atom. The topological polar surface area (TPSA) is 103 Å². The van der Waals surface area contributed by atoms with E-state index in [1.807, 2.05) is 37.8 Å². The van der Waals surface area contributed by atoms with Gasteiger partial charge in [-0.3, -0.25) is 0 Å². The lowest BCUT2D eigenvalue weighted by Crippen LogP contribution is -2.44. The fourth-order valence-corrected chi connectivity index (χ4v) is 6.00. The van der Waals surface area contributed by atoms with Gasteiger partial charge < -0.3 is 29.7 Å². The second-order valence-corrected chi connectivity index (χ2v) is 11.3. The van der Waals surface area contributed by atoms with Crippen molar-refractivity contribution >= 4 is 29.2 Å². The molecule has 0 saturated carbocycles. The van der Waals surface area contributed by atoms with Crippen LogP contribution >= 0.6 is 0 Å². The highest BCUT2D eigenvalue weighted by Crippen LogP contribution is 2.42. The molecule has 2 N–H and O–H groups in total. The Balaban J connectivity index is 1.55. The Hall–Kier alpha value is -4.90. The second kappa shape index (κ2) is 13.4. The van der Waals surface area contributed by atoms with Crippen LogP contribution in [-0.2, 0) is 0 Å². The van der Waals surface area contributed by atoms with Gasteiger partial charge in [-0.2, -0.15) is 4.98 Å². The number of nitrogens with zero attached hydrogens (tertiary/aromatic N) is 5. The van der Waals surface area contributed by atoms with E-state index in [4.69, 9.17) is 9.47 Å². The SMILES string of the molecule is COc1ccc(OC)c(C(c2c(C)cc(C)cc2C)N(C(=O)O)c2ccnc(Nc3ccc(N4CCN(C)CC4)c(F)c3)n2)c1. The number of piperazine rings is 1. The number of aryl methyl sites for hydroxylation is 3. The van der Waals surface area contributed by atoms with Gasteiger partial charge in [0.25, 0.3) is 0 Å². The summed E-state index contributed by atoms with van der Waals surface area (Å²) in [5.41, 5.74) is 5.26. The quantitative estimate of drug-likeness (QED) is 0.224. The Morgan fingerprint density at radius 2 is 1.69 bits per heavy atom. The van der Waals surface area contributed by atoms with E-state index in [2.05, 4.69) is 27.2 Å². The number of anilines is 4. The Morgan fingerprint density at radius 1 is 0.978 bits per heavy atom. The molecule has 2 heterocycles. The molecule has 1 saturated heterocycles. The molecule has 0 aliphatic carbocycles. The van der Waals surface area contributed by atoms with E-state index in [0.717, 1.165) is 48.4 Å². The smallest absolute Gasteiger partial charge is 0.413 e. The molecule has 0 spiro atoms. The number of carboxylic acid groups (broad SMARTS) is 1. The number of carbonyl (C=O) groups is 1. The largest absolute Gasteiger partial charge is 0.497 e. The van der Waals surface area contributed by atoms with Gasteiger partial charge >= 0.3 is 6.09 Å². The van der Waals surface area contributed by atoms with E-state index in [1.165, 1.54) is 23.2 Å². The Bertz CT molecular complexity index is 1670. The van der Waals surface area contributed by atoms with Crippen LogP contribution in [0.1, 0.15) is 33.9 Å². The van der Waals surface area contributed by atoms with E-state index in [-0.39, 0.29) is 17.6 Å². The molecule has 45 heavy (non-hydrogen) atoms. The van der Waals surface area contributed by atoms with Crippen LogP contribution in [0.25, 0.3) is 0 Å². The van der Waals surface area contributed by atoms with Gasteiger partial charge in [-0.25, -0.2) is 19.1 Å². The van der Waals surface area contributed by atoms with Crippen LogP contribution in [0.5, 0.6) is 11.5 Å². The summed E-state index contributed by atoms with van der Waals surface area (Å²) in [4.78, 5) is 27.5. The zero-order chi connectivity index (χ0) is 32.2. The summed E-state index contributed by atoms with van der Waals surface area (Å²) in [5, 5.41) is 13.8. The van der Waals surface area contributed by atoms with E-state index in [0.29, 0.717) is 28.4 Å². The molecule has 0 bridgehead atoms. The van der Waals surface area contributed by atoms with Crippen molar-refractivity contribution in [3.8, 4) is 11.5 Å². The van der Waals surface area contributed by atoms with Crippen molar-refractivity contribution in [3.63, 3.8) is 0 Å². The molecule has 5 rings (SSSR count). The molecular weight excluding hydrogens is 575 g/mol. The number of aromatic nitrogens is 2. The molecule has 1 aliphatic rings. The van der Waals surface area contributed by atoms with Crippen LogP contribution in [0.15, 0.2) is 60.8 Å². The fourth-order valence-electron chi connectivity index (χ4n) is 6.00. The Kier molecular flexibility index (Phi) is 9.38. The average molecular weight is 615 g/mol. The minimum absolute atomic E-state index is 0.124. The number of hydrogen-bond acceptors (Lipinski definition) is 8. The number of ether oxygens (including phenoxy) is 2. The number of rotatable bonds is 9. The molecule has 236 valence electrons. The number of likely N-dealkylation sites (N-methyl/N-ethyl adjacent to an activating group) is 1. The lowest BCUT2D eigenvalue weighted by Gasteiger charge is -2.34. The van der Waals surface area contributed by atoms with E-state index < -0.39 is 12.1 Å². The second-order valence-electron chi connectivity index (χ2n) is 11.3. The zero-order valence-electron chi connectivity index (χ0n) is 26.5. The van der Waals surface area contributed by atoms with E-state index in [9.17, 15) is 9.90 Å². The maximum atomic E-state index is 15.2. The van der Waals surface area contributed by atoms with Gasteiger partial charge in [0, 0.05) is 43.6 Å². The fraction of sp³-hybridized carbons (Fsp3) is 0.324. The monoisotopic (exact) mass is 614 g/mol. The summed E-state index contributed by atoms with van der Waals surface area (Å²) < 4.78 is 26.5. The first-order valence-electron chi connectivity index (χ1n) is 14.7. The van der Waals surface area contributed by atoms with Gasteiger partial charge in [-0.05, 0) is 87.0 Å². The van der Waals surface area contributed by atoms with Crippen molar-refractivity contribution in [1.82, 2.24) is 14.9 Å². The zero-order valence-corrected chi connectivity index (χ0v) is 26.5. The number of nitrogens with one attached hydrogen (secondary N) is 1. The first-order chi connectivity index (χ1) is 21.6. The first-order valence-corrected chi connectivity index (χ1v) is 14.7. The molecule has 1 fully saturated rings. The van der Waals surface area contributed by atoms with Crippen LogP contribution in [-0.4, -0.2) is 73.5 Å². The molecule has 4 aromatic rings. The molecular formula is C34H39FN6O4. The Labute approximate surface area is 263 Å². The lowest BCUT2D eigenvalue weighted by atomic mass is 9.88. The standard InChI is InChI=1S/C34H39FN6O4/c1-21-17-22(2)31(23(3)18-21)32(26-20-25(44-5)8-10-29(26)45-6)41(34(42)43)30-11-12-36-33(38-30)37-24-7-9-28(27(35)19-24)40-15-13-39(4)14-16-40/h7-12,17-20,32H,13-16H2,1-6H3,(H,42,43)(H,36,37,38). The summed E-state index contributed by atoms with van der Waals surface area (Å²) >= 11 is 0. The van der Waals surface area contributed by atoms with Crippen LogP contribution in [0.3, 0.4) is 0 Å². The van der Waals surface area contributed by atoms with Crippen molar-refractivity contribution in [1.29, 1.82) is 0 Å². The van der Waals surface area contributed by atoms with E-state index >= 15 is 4.39 Å². The predicted octanol–water partition coefficient (Wildman–Crippen LogP) is 6.33. The van der Waals surface area contributed by atoms with Crippen molar-refractivity contribution in [2.45, 2.75) is 26.8 Å². The van der Waals surface area contributed by atoms with Gasteiger partial charge in [-0.1, -0.05) is 17.7 Å². The number of halogens is 1. The molecule has 3 aromatic carbocycles. The molecule has 1 aliphatic heterocycles. The van der Waals surface area contributed by atoms with Crippen LogP contribution in [0.2, 0.25) is 0 Å². The first kappa shape index (κ1) is 31.5. The summed E-state index contributed by atoms with van der Waals surface area (Å²) in [7, 11) is 5.16. The van der Waals surface area contributed by atoms with Gasteiger partial charge in [0.05, 0.1) is 25.9 Å².